The van der Waals surface area contributed by atoms with E-state index in [-0.39, 0.29) is 39.9 Å². The first-order valence-corrected chi connectivity index (χ1v) is 9.72. The average Bonchev–Trinajstić information content (AvgIpc) is 2.65. The number of halogens is 2. The second-order valence-electron chi connectivity index (χ2n) is 8.04. The van der Waals surface area contributed by atoms with Crippen molar-refractivity contribution in [1.82, 2.24) is 0 Å². The van der Waals surface area contributed by atoms with Crippen molar-refractivity contribution < 1.29 is 35.7 Å². The van der Waals surface area contributed by atoms with Crippen LogP contribution in [0.4, 0.5) is 0 Å². The number of carbonyl (C=O) groups is 1. The summed E-state index contributed by atoms with van der Waals surface area (Å²) in [6.45, 7) is 10.1. The molecule has 0 unspecified atom stereocenters. The number of nitrogens with zero attached hydrogens (tertiary/aromatic N) is 1. The lowest BCUT2D eigenvalue weighted by atomic mass is 9.88. The summed E-state index contributed by atoms with van der Waals surface area (Å²) in [6.07, 6.45) is 0. The highest BCUT2D eigenvalue weighted by Gasteiger charge is 2.35. The van der Waals surface area contributed by atoms with Crippen molar-refractivity contribution in [1.29, 1.82) is 0 Å². The molecule has 0 N–H and O–H groups in total. The minimum absolute atomic E-state index is 0. The number of likely N-dealkylation sites (N-methyl/N-ethyl adjacent to an activating group) is 1. The van der Waals surface area contributed by atoms with Crippen LogP contribution < -0.4 is 21.7 Å². The fourth-order valence-electron chi connectivity index (χ4n) is 3.70. The molecule has 3 rings (SSSR count). The van der Waals surface area contributed by atoms with Crippen molar-refractivity contribution in [2.24, 2.45) is 0 Å². The Kier molecular flexibility index (Phi) is 9.38. The zero-order valence-electron chi connectivity index (χ0n) is 17.7. The van der Waals surface area contributed by atoms with Crippen molar-refractivity contribution in [3.05, 3.63) is 59.7 Å². The first-order valence-electron chi connectivity index (χ1n) is 9.72. The van der Waals surface area contributed by atoms with Gasteiger partial charge in [0, 0.05) is 11.1 Å². The van der Waals surface area contributed by atoms with E-state index in [1.54, 1.807) is 0 Å². The van der Waals surface area contributed by atoms with Crippen LogP contribution in [-0.2, 0) is 9.53 Å². The molecule has 0 aliphatic carbocycles. The second-order valence-corrected chi connectivity index (χ2v) is 8.04. The van der Waals surface area contributed by atoms with Crippen molar-refractivity contribution in [2.75, 3.05) is 20.2 Å². The largest absolute Gasteiger partial charge is 1.00 e. The SMILES string of the molecule is Br.CC(C)[N+](C)(CCOC(=O)C1c2ccccc2Oc2ccccc21)C(C)C.[Br-]. The van der Waals surface area contributed by atoms with Gasteiger partial charge in [0.05, 0.1) is 19.1 Å². The fourth-order valence-corrected chi connectivity index (χ4v) is 3.70. The van der Waals surface area contributed by atoms with E-state index in [9.17, 15) is 4.79 Å². The topological polar surface area (TPSA) is 35.5 Å². The lowest BCUT2D eigenvalue weighted by Gasteiger charge is -2.42. The van der Waals surface area contributed by atoms with E-state index in [1.807, 2.05) is 48.5 Å². The molecular weight excluding hydrogens is 498 g/mol. The van der Waals surface area contributed by atoms with Gasteiger partial charge in [0.2, 0.25) is 0 Å². The summed E-state index contributed by atoms with van der Waals surface area (Å²) in [4.78, 5) is 13.1. The Morgan fingerprint density at radius 1 is 0.966 bits per heavy atom. The van der Waals surface area contributed by atoms with Gasteiger partial charge in [-0.25, -0.2) is 0 Å². The van der Waals surface area contributed by atoms with E-state index in [0.717, 1.165) is 33.7 Å². The third-order valence-electron chi connectivity index (χ3n) is 6.09. The Bertz CT molecular complexity index is 770. The van der Waals surface area contributed by atoms with Gasteiger partial charge in [-0.3, -0.25) is 4.79 Å². The monoisotopic (exact) mass is 527 g/mol. The Labute approximate surface area is 195 Å². The minimum atomic E-state index is -0.442. The molecule has 1 aliphatic rings. The number of rotatable bonds is 6. The van der Waals surface area contributed by atoms with Gasteiger partial charge in [0.15, 0.2) is 0 Å². The van der Waals surface area contributed by atoms with Crippen LogP contribution in [0.2, 0.25) is 0 Å². The number of carbonyl (C=O) groups excluding carboxylic acids is 1. The van der Waals surface area contributed by atoms with Gasteiger partial charge in [-0.2, -0.15) is 0 Å². The fraction of sp³-hybridized carbons (Fsp3) is 0.435. The predicted molar refractivity (Wildman–Crippen MR) is 117 cm³/mol. The van der Waals surface area contributed by atoms with Crippen LogP contribution in [0.3, 0.4) is 0 Å². The predicted octanol–water partition coefficient (Wildman–Crippen LogP) is 2.31. The zero-order valence-corrected chi connectivity index (χ0v) is 21.0. The summed E-state index contributed by atoms with van der Waals surface area (Å²) in [7, 11) is 2.22. The molecule has 160 valence electrons. The maximum Gasteiger partial charge on any atom is 0.318 e. The van der Waals surface area contributed by atoms with Gasteiger partial charge in [0.1, 0.15) is 30.6 Å². The number of ether oxygens (including phenoxy) is 2. The van der Waals surface area contributed by atoms with E-state index < -0.39 is 5.92 Å². The van der Waals surface area contributed by atoms with E-state index in [4.69, 9.17) is 9.47 Å². The molecule has 29 heavy (non-hydrogen) atoms. The molecule has 1 aliphatic heterocycles. The standard InChI is InChI=1S/C23H30NO3.2BrH/c1-16(2)24(5,17(3)4)14-15-26-23(25)22-18-10-6-8-12-20(18)27-21-13-9-7-11-19(21)22;;/h6-13,16-17,22H,14-15H2,1-5H3;2*1H/q+1;;/p-1. The van der Waals surface area contributed by atoms with Gasteiger partial charge in [0.25, 0.3) is 0 Å². The minimum Gasteiger partial charge on any atom is -1.00 e. The van der Waals surface area contributed by atoms with Crippen LogP contribution in [0, 0.1) is 0 Å². The molecule has 0 spiro atoms. The van der Waals surface area contributed by atoms with Crippen LogP contribution in [0.25, 0.3) is 0 Å². The Balaban J connectivity index is 0.00000210. The lowest BCUT2D eigenvalue weighted by molar-refractivity contribution is -0.949. The molecule has 1 heterocycles. The Morgan fingerprint density at radius 2 is 1.41 bits per heavy atom. The molecule has 0 saturated heterocycles. The maximum absolute atomic E-state index is 13.1. The third-order valence-corrected chi connectivity index (χ3v) is 6.09. The Hall–Kier alpha value is -1.37. The lowest BCUT2D eigenvalue weighted by Crippen LogP contribution is -3.00. The van der Waals surface area contributed by atoms with Crippen molar-refractivity contribution in [2.45, 2.75) is 45.7 Å². The Morgan fingerprint density at radius 3 is 1.86 bits per heavy atom. The van der Waals surface area contributed by atoms with E-state index in [0.29, 0.717) is 18.7 Å². The number of hydrogen-bond donors (Lipinski definition) is 0. The van der Waals surface area contributed by atoms with E-state index in [2.05, 4.69) is 34.7 Å². The highest BCUT2D eigenvalue weighted by atomic mass is 79.9. The molecule has 0 amide bonds. The summed E-state index contributed by atoms with van der Waals surface area (Å²) in [5, 5.41) is 0. The summed E-state index contributed by atoms with van der Waals surface area (Å²) in [5.74, 6) is 0.798. The average molecular weight is 529 g/mol. The molecule has 0 radical (unpaired) electrons. The van der Waals surface area contributed by atoms with Crippen LogP contribution in [0.5, 0.6) is 11.5 Å². The number of hydrogen-bond acceptors (Lipinski definition) is 3. The molecule has 0 fully saturated rings. The van der Waals surface area contributed by atoms with Crippen LogP contribution in [0.15, 0.2) is 48.5 Å². The number of quaternary nitrogens is 1. The van der Waals surface area contributed by atoms with Gasteiger partial charge in [-0.1, -0.05) is 36.4 Å². The smallest absolute Gasteiger partial charge is 0.318 e. The highest BCUT2D eigenvalue weighted by Crippen LogP contribution is 2.44. The van der Waals surface area contributed by atoms with Crippen molar-refractivity contribution in [3.8, 4) is 11.5 Å². The number of benzene rings is 2. The highest BCUT2D eigenvalue weighted by molar-refractivity contribution is 8.93. The summed E-state index contributed by atoms with van der Waals surface area (Å²) >= 11 is 0. The molecule has 2 aromatic rings. The molecule has 0 atom stereocenters. The maximum atomic E-state index is 13.1. The first-order chi connectivity index (χ1) is 12.8. The summed E-state index contributed by atoms with van der Waals surface area (Å²) < 4.78 is 12.6. The molecule has 2 aromatic carbocycles. The molecule has 0 saturated carbocycles. The quantitative estimate of drug-likeness (QED) is 0.426. The van der Waals surface area contributed by atoms with Gasteiger partial charge < -0.3 is 30.9 Å². The van der Waals surface area contributed by atoms with Crippen LogP contribution in [-0.4, -0.2) is 42.7 Å². The summed E-state index contributed by atoms with van der Waals surface area (Å²) in [6, 6.07) is 16.3. The van der Waals surface area contributed by atoms with Crippen LogP contribution in [0.1, 0.15) is 44.7 Å². The molecule has 6 heteroatoms. The van der Waals surface area contributed by atoms with E-state index in [1.165, 1.54) is 0 Å². The number of fused-ring (bicyclic) bond motifs is 2. The normalized spacial score (nSPS) is 12.9. The van der Waals surface area contributed by atoms with Gasteiger partial charge >= 0.3 is 5.97 Å². The van der Waals surface area contributed by atoms with Gasteiger partial charge in [-0.15, -0.1) is 17.0 Å². The zero-order chi connectivity index (χ0) is 19.6. The molecule has 0 aromatic heterocycles. The van der Waals surface area contributed by atoms with Gasteiger partial charge in [-0.05, 0) is 39.8 Å². The second kappa shape index (κ2) is 10.6. The summed E-state index contributed by atoms with van der Waals surface area (Å²) in [5.41, 5.74) is 1.73. The third kappa shape index (κ3) is 5.22. The van der Waals surface area contributed by atoms with Crippen molar-refractivity contribution in [3.63, 3.8) is 0 Å². The number of para-hydroxylation sites is 2. The van der Waals surface area contributed by atoms with E-state index >= 15 is 0 Å². The van der Waals surface area contributed by atoms with Crippen LogP contribution >= 0.6 is 17.0 Å². The molecule has 0 bridgehead atoms. The number of esters is 1. The first kappa shape index (κ1) is 25.7. The molecule has 4 nitrogen and oxygen atoms in total. The van der Waals surface area contributed by atoms with Crippen molar-refractivity contribution >= 4 is 23.0 Å². The molecular formula is C23H31Br2NO3.